The number of fused-ring (bicyclic) bond motifs is 1. The summed E-state index contributed by atoms with van der Waals surface area (Å²) >= 11 is 0. The largest absolute Gasteiger partial charge is 0.508 e. The third kappa shape index (κ3) is 2.68. The van der Waals surface area contributed by atoms with Crippen LogP contribution in [0.5, 0.6) is 17.2 Å². The topological polar surface area (TPSA) is 59.7 Å². The fourth-order valence-corrected chi connectivity index (χ4v) is 2.61. The number of benzene rings is 2. The Balaban J connectivity index is 2.18. The predicted octanol–water partition coefficient (Wildman–Crippen LogP) is 4.52. The van der Waals surface area contributed by atoms with Crippen LogP contribution in [0.2, 0.25) is 0 Å². The van der Waals surface area contributed by atoms with Gasteiger partial charge in [0.25, 0.3) is 0 Å². The summed E-state index contributed by atoms with van der Waals surface area (Å²) in [5.41, 5.74) is 3.25. The number of phenolic OH excluding ortho intramolecular Hbond substituents is 1. The molecule has 4 heteroatoms. The van der Waals surface area contributed by atoms with Gasteiger partial charge in [0.15, 0.2) is 0 Å². The van der Waals surface area contributed by atoms with E-state index in [1.165, 1.54) is 18.2 Å². The van der Waals surface area contributed by atoms with Crippen molar-refractivity contribution >= 4 is 11.0 Å². The molecule has 1 aromatic heterocycles. The van der Waals surface area contributed by atoms with E-state index < -0.39 is 0 Å². The molecule has 0 spiro atoms. The minimum Gasteiger partial charge on any atom is -0.508 e. The van der Waals surface area contributed by atoms with Crippen LogP contribution in [0, 0.1) is 27.7 Å². The van der Waals surface area contributed by atoms with Crippen molar-refractivity contribution in [1.82, 2.24) is 0 Å². The smallest absolute Gasteiger partial charge is 0.235 e. The van der Waals surface area contributed by atoms with Crippen molar-refractivity contribution in [1.29, 1.82) is 0 Å². The number of hydrogen-bond acceptors (Lipinski definition) is 4. The van der Waals surface area contributed by atoms with Crippen LogP contribution >= 0.6 is 0 Å². The number of hydrogen-bond donors (Lipinski definition) is 1. The van der Waals surface area contributed by atoms with E-state index in [2.05, 4.69) is 6.07 Å². The fourth-order valence-electron chi connectivity index (χ4n) is 2.61. The second kappa shape index (κ2) is 5.47. The summed E-state index contributed by atoms with van der Waals surface area (Å²) in [5, 5.41) is 9.90. The molecule has 0 fully saturated rings. The van der Waals surface area contributed by atoms with Crippen LogP contribution in [0.1, 0.15) is 22.5 Å². The van der Waals surface area contributed by atoms with Gasteiger partial charge in [0.1, 0.15) is 22.8 Å². The molecule has 0 saturated carbocycles. The van der Waals surface area contributed by atoms with E-state index in [4.69, 9.17) is 9.15 Å². The Morgan fingerprint density at radius 3 is 2.52 bits per heavy atom. The summed E-state index contributed by atoms with van der Waals surface area (Å²) in [6.45, 7) is 7.63. The molecule has 0 amide bonds. The summed E-state index contributed by atoms with van der Waals surface area (Å²) in [5.74, 6) is 1.26. The van der Waals surface area contributed by atoms with Gasteiger partial charge in [0, 0.05) is 6.07 Å². The first-order valence-electron chi connectivity index (χ1n) is 7.39. The highest BCUT2D eigenvalue weighted by molar-refractivity contribution is 5.79. The van der Waals surface area contributed by atoms with Crippen molar-refractivity contribution in [2.45, 2.75) is 27.7 Å². The van der Waals surface area contributed by atoms with Gasteiger partial charge in [-0.25, -0.2) is 0 Å². The quantitative estimate of drug-likeness (QED) is 0.755. The monoisotopic (exact) mass is 310 g/mol. The Labute approximate surface area is 134 Å². The second-order valence-electron chi connectivity index (χ2n) is 5.80. The molecule has 0 unspecified atom stereocenters. The predicted molar refractivity (Wildman–Crippen MR) is 89.6 cm³/mol. The lowest BCUT2D eigenvalue weighted by atomic mass is 10.1. The van der Waals surface area contributed by atoms with E-state index in [0.717, 1.165) is 16.7 Å². The highest BCUT2D eigenvalue weighted by Gasteiger charge is 2.15. The normalized spacial score (nSPS) is 11.0. The molecule has 2 aromatic carbocycles. The lowest BCUT2D eigenvalue weighted by Crippen LogP contribution is -2.08. The van der Waals surface area contributed by atoms with E-state index in [1.807, 2.05) is 26.8 Å². The average molecular weight is 310 g/mol. The molecule has 4 nitrogen and oxygen atoms in total. The highest BCUT2D eigenvalue weighted by atomic mass is 16.5. The molecular weight excluding hydrogens is 292 g/mol. The van der Waals surface area contributed by atoms with Crippen LogP contribution in [0.15, 0.2) is 39.5 Å². The lowest BCUT2D eigenvalue weighted by Gasteiger charge is -2.13. The standard InChI is InChI=1S/C19H18O4/c1-10-7-11(2)12(3)16(8-10)23-19-13(4)22-17-9-14(20)5-6-15(17)18(19)21/h5-9,20H,1-4H3. The number of aromatic hydroxyl groups is 1. The second-order valence-corrected chi connectivity index (χ2v) is 5.80. The maximum absolute atomic E-state index is 12.7. The van der Waals surface area contributed by atoms with Gasteiger partial charge in [0.2, 0.25) is 11.2 Å². The Hall–Kier alpha value is -2.75. The van der Waals surface area contributed by atoms with Crippen molar-refractivity contribution in [2.75, 3.05) is 0 Å². The Morgan fingerprint density at radius 2 is 1.78 bits per heavy atom. The van der Waals surface area contributed by atoms with Crippen LogP contribution in [-0.2, 0) is 0 Å². The molecule has 3 aromatic rings. The molecular formula is C19H18O4. The molecule has 0 radical (unpaired) electrons. The van der Waals surface area contributed by atoms with E-state index in [9.17, 15) is 9.90 Å². The SMILES string of the molecule is Cc1cc(C)c(C)c(Oc2c(C)oc3cc(O)ccc3c2=O)c1. The molecule has 3 rings (SSSR count). The molecule has 0 aliphatic heterocycles. The zero-order chi connectivity index (χ0) is 16.7. The summed E-state index contributed by atoms with van der Waals surface area (Å²) < 4.78 is 11.5. The first-order valence-corrected chi connectivity index (χ1v) is 7.39. The molecule has 1 heterocycles. The number of ether oxygens (including phenoxy) is 1. The molecule has 0 bridgehead atoms. The van der Waals surface area contributed by atoms with Crippen molar-refractivity contribution in [3.8, 4) is 17.2 Å². The Kier molecular flexibility index (Phi) is 3.60. The molecule has 0 aliphatic carbocycles. The zero-order valence-electron chi connectivity index (χ0n) is 13.6. The van der Waals surface area contributed by atoms with E-state index in [1.54, 1.807) is 6.92 Å². The number of rotatable bonds is 2. The molecule has 0 aliphatic rings. The zero-order valence-corrected chi connectivity index (χ0v) is 13.6. The van der Waals surface area contributed by atoms with Crippen molar-refractivity contribution < 1.29 is 14.3 Å². The van der Waals surface area contributed by atoms with E-state index >= 15 is 0 Å². The van der Waals surface area contributed by atoms with Gasteiger partial charge in [-0.3, -0.25) is 4.79 Å². The van der Waals surface area contributed by atoms with E-state index in [-0.39, 0.29) is 16.9 Å². The third-order valence-corrected chi connectivity index (χ3v) is 3.97. The minimum absolute atomic E-state index is 0.0545. The maximum atomic E-state index is 12.7. The molecule has 1 N–H and O–H groups in total. The van der Waals surface area contributed by atoms with Crippen molar-refractivity contribution in [3.05, 3.63) is 63.0 Å². The van der Waals surface area contributed by atoms with Gasteiger partial charge < -0.3 is 14.3 Å². The van der Waals surface area contributed by atoms with E-state index in [0.29, 0.717) is 22.5 Å². The molecule has 0 saturated heterocycles. The summed E-state index contributed by atoms with van der Waals surface area (Å²) in [6, 6.07) is 8.40. The van der Waals surface area contributed by atoms with Crippen LogP contribution in [0.4, 0.5) is 0 Å². The van der Waals surface area contributed by atoms with Gasteiger partial charge in [-0.05, 0) is 62.6 Å². The van der Waals surface area contributed by atoms with Crippen LogP contribution in [-0.4, -0.2) is 5.11 Å². The first kappa shape index (κ1) is 15.2. The van der Waals surface area contributed by atoms with Crippen LogP contribution in [0.25, 0.3) is 11.0 Å². The minimum atomic E-state index is -0.248. The summed E-state index contributed by atoms with van der Waals surface area (Å²) in [6.07, 6.45) is 0. The lowest BCUT2D eigenvalue weighted by molar-refractivity contribution is 0.432. The summed E-state index contributed by atoms with van der Waals surface area (Å²) in [4.78, 5) is 12.7. The van der Waals surface area contributed by atoms with Gasteiger partial charge in [-0.1, -0.05) is 6.07 Å². The van der Waals surface area contributed by atoms with Crippen LogP contribution in [0.3, 0.4) is 0 Å². The first-order chi connectivity index (χ1) is 10.9. The number of phenols is 1. The Bertz CT molecular complexity index is 967. The van der Waals surface area contributed by atoms with Gasteiger partial charge in [-0.2, -0.15) is 0 Å². The van der Waals surface area contributed by atoms with Gasteiger partial charge in [0.05, 0.1) is 5.39 Å². The van der Waals surface area contributed by atoms with Gasteiger partial charge >= 0.3 is 0 Å². The third-order valence-electron chi connectivity index (χ3n) is 3.97. The van der Waals surface area contributed by atoms with Crippen molar-refractivity contribution in [3.63, 3.8) is 0 Å². The molecule has 0 atom stereocenters. The fraction of sp³-hybridized carbons (Fsp3) is 0.211. The van der Waals surface area contributed by atoms with Crippen LogP contribution < -0.4 is 10.2 Å². The number of aryl methyl sites for hydroxylation is 3. The highest BCUT2D eigenvalue weighted by Crippen LogP contribution is 2.30. The summed E-state index contributed by atoms with van der Waals surface area (Å²) in [7, 11) is 0. The van der Waals surface area contributed by atoms with Crippen molar-refractivity contribution in [2.24, 2.45) is 0 Å². The molecule has 118 valence electrons. The Morgan fingerprint density at radius 1 is 1.04 bits per heavy atom. The maximum Gasteiger partial charge on any atom is 0.235 e. The molecule has 23 heavy (non-hydrogen) atoms. The average Bonchev–Trinajstić information content (AvgIpc) is 2.47. The van der Waals surface area contributed by atoms with Gasteiger partial charge in [-0.15, -0.1) is 0 Å².